The maximum Gasteiger partial charge on any atom is 0.236 e. The van der Waals surface area contributed by atoms with E-state index in [0.29, 0.717) is 19.4 Å². The van der Waals surface area contributed by atoms with E-state index in [-0.39, 0.29) is 66.3 Å². The van der Waals surface area contributed by atoms with Crippen LogP contribution in [0.15, 0.2) is 36.4 Å². The molecule has 44 heavy (non-hydrogen) atoms. The van der Waals surface area contributed by atoms with Gasteiger partial charge in [-0.1, -0.05) is 24.3 Å². The number of carbonyl (C=O) groups is 3. The number of unbranched alkanes of at least 4 members (excludes halogenated alkanes) is 1. The van der Waals surface area contributed by atoms with Gasteiger partial charge < -0.3 is 19.7 Å². The monoisotopic (exact) mass is 630 g/mol. The van der Waals surface area contributed by atoms with Crippen LogP contribution in [-0.4, -0.2) is 91.1 Å². The lowest BCUT2D eigenvalue weighted by atomic mass is 9.81. The minimum Gasteiger partial charge on any atom is -0.489 e. The van der Waals surface area contributed by atoms with Crippen molar-refractivity contribution >= 4 is 35.8 Å². The van der Waals surface area contributed by atoms with Crippen LogP contribution in [0.25, 0.3) is 0 Å². The molecule has 5 unspecified atom stereocenters. The van der Waals surface area contributed by atoms with E-state index in [1.54, 1.807) is 4.90 Å². The number of fused-ring (bicyclic) bond motifs is 5. The topological polar surface area (TPSA) is 91.4 Å². The molecule has 2 bridgehead atoms. The molecule has 0 aromatic heterocycles. The molecular weight excluding hydrogens is 580 g/mol. The Bertz CT molecular complexity index is 1130. The number of nitrogens with zero attached hydrogens (tertiary/aromatic N) is 3. The molecule has 9 nitrogen and oxygen atoms in total. The molecule has 4 saturated heterocycles. The van der Waals surface area contributed by atoms with E-state index in [1.165, 1.54) is 0 Å². The Balaban J connectivity index is 0.00000442. The number of para-hydroxylation sites is 2. The van der Waals surface area contributed by atoms with Crippen molar-refractivity contribution in [1.29, 1.82) is 0 Å². The van der Waals surface area contributed by atoms with Gasteiger partial charge in [0.15, 0.2) is 0 Å². The molecule has 0 spiro atoms. The largest absolute Gasteiger partial charge is 0.489 e. The quantitative estimate of drug-likeness (QED) is 0.172. The van der Waals surface area contributed by atoms with E-state index in [1.807, 2.05) is 39.0 Å². The standard InChI is InChI=1S/C34H50N4O5.ClH/c1-4-5-6-7-11-25(38-33(40)31-28-15-16-29(43-28)32(31)34(38)41)12-10-18-35-30(39)17-19-36-20-22-37(23-21-36)26-13-8-9-14-27(26)42-24(2)3;/h4-5,8-9,13-14,24-25,28-29,31-32H,6-7,10-12,15-23H2,1-3H3,(H,35,39);1H/b5-4+;. The lowest BCUT2D eigenvalue weighted by Gasteiger charge is -2.36. The number of halogens is 1. The summed E-state index contributed by atoms with van der Waals surface area (Å²) in [6.07, 6.45) is 10.5. The van der Waals surface area contributed by atoms with Gasteiger partial charge in [0.05, 0.1) is 35.8 Å². The summed E-state index contributed by atoms with van der Waals surface area (Å²) in [7, 11) is 0. The fourth-order valence-electron chi connectivity index (χ4n) is 7.33. The maximum atomic E-state index is 13.4. The highest BCUT2D eigenvalue weighted by Gasteiger charge is 2.63. The number of likely N-dealkylation sites (tertiary alicyclic amines) is 1. The van der Waals surface area contributed by atoms with Crippen LogP contribution in [0, 0.1) is 11.8 Å². The number of allylic oxidation sites excluding steroid dienone is 2. The Labute approximate surface area is 269 Å². The first-order valence-electron chi connectivity index (χ1n) is 16.5. The van der Waals surface area contributed by atoms with Crippen molar-refractivity contribution in [2.45, 2.75) is 96.5 Å². The number of amides is 3. The zero-order valence-corrected chi connectivity index (χ0v) is 27.4. The zero-order valence-electron chi connectivity index (χ0n) is 26.6. The number of hydrogen-bond donors (Lipinski definition) is 1. The molecule has 5 atom stereocenters. The number of rotatable bonds is 15. The Morgan fingerprint density at radius 3 is 2.34 bits per heavy atom. The number of nitrogens with one attached hydrogen (secondary N) is 1. The summed E-state index contributed by atoms with van der Waals surface area (Å²) in [5.41, 5.74) is 1.13. The van der Waals surface area contributed by atoms with E-state index in [4.69, 9.17) is 9.47 Å². The van der Waals surface area contributed by atoms with Gasteiger partial charge in [-0.15, -0.1) is 12.4 Å². The van der Waals surface area contributed by atoms with Gasteiger partial charge in [-0.3, -0.25) is 24.2 Å². The minimum atomic E-state index is -0.283. The number of benzene rings is 1. The molecule has 0 saturated carbocycles. The molecule has 1 aromatic carbocycles. The van der Waals surface area contributed by atoms with Crippen molar-refractivity contribution in [3.8, 4) is 5.75 Å². The molecule has 244 valence electrons. The minimum absolute atomic E-state index is 0. The number of carbonyl (C=O) groups excluding carboxylic acids is 3. The van der Waals surface area contributed by atoms with Crippen molar-refractivity contribution in [3.05, 3.63) is 36.4 Å². The van der Waals surface area contributed by atoms with Crippen LogP contribution in [0.3, 0.4) is 0 Å². The van der Waals surface area contributed by atoms with Crippen molar-refractivity contribution in [2.24, 2.45) is 11.8 Å². The normalized spacial score (nSPS) is 25.5. The van der Waals surface area contributed by atoms with Crippen LogP contribution >= 0.6 is 12.4 Å². The lowest BCUT2D eigenvalue weighted by Crippen LogP contribution is -2.47. The third-order valence-electron chi connectivity index (χ3n) is 9.46. The molecule has 1 aromatic rings. The SMILES string of the molecule is C/C=C/CCCC(CCCNC(=O)CCN1CCN(c2ccccc2OC(C)C)CC1)N1C(=O)C2C3CCC(O3)C2C1=O.Cl. The first-order valence-corrected chi connectivity index (χ1v) is 16.5. The van der Waals surface area contributed by atoms with Gasteiger partial charge >= 0.3 is 0 Å². The number of hydrogen-bond acceptors (Lipinski definition) is 7. The summed E-state index contributed by atoms with van der Waals surface area (Å²) in [4.78, 5) is 45.7. The summed E-state index contributed by atoms with van der Waals surface area (Å²) in [5.74, 6) is 0.353. The third kappa shape index (κ3) is 7.96. The molecule has 0 aliphatic carbocycles. The van der Waals surface area contributed by atoms with Gasteiger partial charge in [0.25, 0.3) is 0 Å². The molecule has 4 heterocycles. The predicted molar refractivity (Wildman–Crippen MR) is 174 cm³/mol. The second kappa shape index (κ2) is 16.1. The van der Waals surface area contributed by atoms with Crippen molar-refractivity contribution < 1.29 is 23.9 Å². The van der Waals surface area contributed by atoms with E-state index < -0.39 is 0 Å². The van der Waals surface area contributed by atoms with E-state index >= 15 is 0 Å². The van der Waals surface area contributed by atoms with Gasteiger partial charge in [0, 0.05) is 51.7 Å². The number of anilines is 1. The van der Waals surface area contributed by atoms with Crippen molar-refractivity contribution in [2.75, 3.05) is 44.2 Å². The third-order valence-corrected chi connectivity index (χ3v) is 9.46. The van der Waals surface area contributed by atoms with Crippen LogP contribution < -0.4 is 15.0 Å². The van der Waals surface area contributed by atoms with Crippen molar-refractivity contribution in [1.82, 2.24) is 15.1 Å². The summed E-state index contributed by atoms with van der Waals surface area (Å²) >= 11 is 0. The first kappa shape index (κ1) is 34.3. The highest BCUT2D eigenvalue weighted by molar-refractivity contribution is 6.06. The zero-order chi connectivity index (χ0) is 30.3. The summed E-state index contributed by atoms with van der Waals surface area (Å²) in [5, 5.41) is 3.08. The molecule has 0 radical (unpaired) electrons. The highest BCUT2D eigenvalue weighted by Crippen LogP contribution is 2.49. The molecule has 4 fully saturated rings. The Hall–Kier alpha value is -2.62. The molecule has 10 heteroatoms. The van der Waals surface area contributed by atoms with E-state index in [0.717, 1.165) is 82.7 Å². The Kier molecular flexibility index (Phi) is 12.5. The van der Waals surface area contributed by atoms with Crippen LogP contribution in [0.2, 0.25) is 0 Å². The smallest absolute Gasteiger partial charge is 0.236 e. The van der Waals surface area contributed by atoms with Crippen molar-refractivity contribution in [3.63, 3.8) is 0 Å². The van der Waals surface area contributed by atoms with Gasteiger partial charge in [0.2, 0.25) is 17.7 Å². The molecule has 4 aliphatic rings. The van der Waals surface area contributed by atoms with Gasteiger partial charge in [-0.05, 0) is 77.8 Å². The van der Waals surface area contributed by atoms with Crippen LogP contribution in [0.5, 0.6) is 5.75 Å². The van der Waals surface area contributed by atoms with Gasteiger partial charge in [-0.2, -0.15) is 0 Å². The number of ether oxygens (including phenoxy) is 2. The average molecular weight is 631 g/mol. The predicted octanol–water partition coefficient (Wildman–Crippen LogP) is 4.58. The first-order chi connectivity index (χ1) is 20.9. The summed E-state index contributed by atoms with van der Waals surface area (Å²) < 4.78 is 11.9. The Morgan fingerprint density at radius 2 is 1.68 bits per heavy atom. The molecule has 5 rings (SSSR count). The molecule has 4 aliphatic heterocycles. The van der Waals surface area contributed by atoms with Crippen LogP contribution in [-0.2, 0) is 19.1 Å². The second-order valence-electron chi connectivity index (χ2n) is 12.7. The van der Waals surface area contributed by atoms with E-state index in [2.05, 4.69) is 33.3 Å². The fourth-order valence-corrected chi connectivity index (χ4v) is 7.33. The maximum absolute atomic E-state index is 13.4. The molecule has 3 amide bonds. The average Bonchev–Trinajstić information content (AvgIpc) is 3.69. The summed E-state index contributed by atoms with van der Waals surface area (Å²) in [6.45, 7) is 11.0. The molecular formula is C34H51ClN4O5. The van der Waals surface area contributed by atoms with E-state index in [9.17, 15) is 14.4 Å². The van der Waals surface area contributed by atoms with Crippen LogP contribution in [0.4, 0.5) is 5.69 Å². The fraction of sp³-hybridized carbons (Fsp3) is 0.676. The highest BCUT2D eigenvalue weighted by atomic mass is 35.5. The molecule has 1 N–H and O–H groups in total. The lowest BCUT2D eigenvalue weighted by molar-refractivity contribution is -0.145. The Morgan fingerprint density at radius 1 is 1.02 bits per heavy atom. The summed E-state index contributed by atoms with van der Waals surface area (Å²) in [6, 6.07) is 8.10. The van der Waals surface area contributed by atoms with Crippen LogP contribution in [0.1, 0.15) is 72.1 Å². The van der Waals surface area contributed by atoms with Gasteiger partial charge in [0.1, 0.15) is 5.75 Å². The number of imide groups is 1. The number of piperazine rings is 1. The second-order valence-corrected chi connectivity index (χ2v) is 12.7. The van der Waals surface area contributed by atoms with Gasteiger partial charge in [-0.25, -0.2) is 0 Å².